The Labute approximate surface area is 114 Å². The third-order valence-corrected chi connectivity index (χ3v) is 3.78. The maximum absolute atomic E-state index is 11.8. The van der Waals surface area contributed by atoms with Gasteiger partial charge in [0.05, 0.1) is 0 Å². The van der Waals surface area contributed by atoms with E-state index in [2.05, 4.69) is 10.6 Å². The number of carbonyl (C=O) groups is 1. The van der Waals surface area contributed by atoms with E-state index in [1.807, 2.05) is 31.2 Å². The van der Waals surface area contributed by atoms with Crippen molar-refractivity contribution >= 4 is 11.6 Å². The van der Waals surface area contributed by atoms with Crippen LogP contribution in [0.2, 0.25) is 0 Å². The van der Waals surface area contributed by atoms with Crippen LogP contribution in [0.15, 0.2) is 24.3 Å². The van der Waals surface area contributed by atoms with Gasteiger partial charge in [0.25, 0.3) is 5.91 Å². The van der Waals surface area contributed by atoms with Crippen molar-refractivity contribution in [3.05, 3.63) is 29.8 Å². The largest absolute Gasteiger partial charge is 0.382 e. The summed E-state index contributed by atoms with van der Waals surface area (Å²) in [6, 6.07) is 8.12. The second-order valence-corrected chi connectivity index (χ2v) is 5.12. The fraction of sp³-hybridized carbons (Fsp3) is 0.533. The van der Waals surface area contributed by atoms with Gasteiger partial charge in [0.2, 0.25) is 0 Å². The molecule has 1 aliphatic rings. The first kappa shape index (κ1) is 13.9. The number of benzene rings is 1. The van der Waals surface area contributed by atoms with Crippen LogP contribution in [-0.4, -0.2) is 25.0 Å². The average Bonchev–Trinajstić information content (AvgIpc) is 2.86. The molecular weight excluding hydrogens is 238 g/mol. The minimum absolute atomic E-state index is 0.0204. The zero-order valence-electron chi connectivity index (χ0n) is 11.5. The van der Waals surface area contributed by atoms with Crippen molar-refractivity contribution in [2.24, 2.45) is 11.7 Å². The standard InChI is InChI=1S/C15H23N3O/c1-2-17-15(19)11-5-3-7-13(9-11)18-14-8-4-6-12(14)10-16/h3,5,7,9,12,14,18H,2,4,6,8,10,16H2,1H3,(H,17,19). The number of nitrogens with one attached hydrogen (secondary N) is 2. The lowest BCUT2D eigenvalue weighted by atomic mass is 10.0. The summed E-state index contributed by atoms with van der Waals surface area (Å²) >= 11 is 0. The molecule has 4 N–H and O–H groups in total. The summed E-state index contributed by atoms with van der Waals surface area (Å²) in [4.78, 5) is 11.8. The Bertz CT molecular complexity index is 433. The van der Waals surface area contributed by atoms with Gasteiger partial charge in [0.1, 0.15) is 0 Å². The monoisotopic (exact) mass is 261 g/mol. The van der Waals surface area contributed by atoms with Crippen molar-refractivity contribution in [3.8, 4) is 0 Å². The third-order valence-electron chi connectivity index (χ3n) is 3.78. The quantitative estimate of drug-likeness (QED) is 0.759. The lowest BCUT2D eigenvalue weighted by Crippen LogP contribution is -2.29. The van der Waals surface area contributed by atoms with Crippen LogP contribution in [0, 0.1) is 5.92 Å². The maximum atomic E-state index is 11.8. The molecule has 0 aromatic heterocycles. The van der Waals surface area contributed by atoms with Gasteiger partial charge >= 0.3 is 0 Å². The summed E-state index contributed by atoms with van der Waals surface area (Å²) in [5.41, 5.74) is 7.50. The van der Waals surface area contributed by atoms with Gasteiger partial charge < -0.3 is 16.4 Å². The van der Waals surface area contributed by atoms with Crippen molar-refractivity contribution in [2.75, 3.05) is 18.4 Å². The van der Waals surface area contributed by atoms with Crippen LogP contribution >= 0.6 is 0 Å². The van der Waals surface area contributed by atoms with E-state index in [0.717, 1.165) is 18.7 Å². The number of anilines is 1. The summed E-state index contributed by atoms with van der Waals surface area (Å²) in [5.74, 6) is 0.529. The van der Waals surface area contributed by atoms with E-state index in [0.29, 0.717) is 24.1 Å². The van der Waals surface area contributed by atoms with E-state index in [1.54, 1.807) is 0 Å². The molecule has 0 spiro atoms. The van der Waals surface area contributed by atoms with E-state index in [1.165, 1.54) is 12.8 Å². The van der Waals surface area contributed by atoms with Gasteiger partial charge in [-0.2, -0.15) is 0 Å². The molecule has 0 bridgehead atoms. The molecule has 1 amide bonds. The normalized spacial score (nSPS) is 22.2. The van der Waals surface area contributed by atoms with E-state index in [4.69, 9.17) is 5.73 Å². The van der Waals surface area contributed by atoms with Crippen LogP contribution in [0.4, 0.5) is 5.69 Å². The minimum atomic E-state index is -0.0204. The first-order valence-electron chi connectivity index (χ1n) is 7.09. The molecule has 0 radical (unpaired) electrons. The topological polar surface area (TPSA) is 67.2 Å². The van der Waals surface area contributed by atoms with Gasteiger partial charge in [-0.1, -0.05) is 12.5 Å². The molecule has 1 fully saturated rings. The van der Waals surface area contributed by atoms with Crippen LogP contribution < -0.4 is 16.4 Å². The van der Waals surface area contributed by atoms with E-state index in [-0.39, 0.29) is 5.91 Å². The molecule has 0 heterocycles. The van der Waals surface area contributed by atoms with Crippen molar-refractivity contribution in [1.29, 1.82) is 0 Å². The molecule has 1 aliphatic carbocycles. The summed E-state index contributed by atoms with van der Waals surface area (Å²) in [6.45, 7) is 3.30. The first-order valence-corrected chi connectivity index (χ1v) is 7.09. The van der Waals surface area contributed by atoms with E-state index in [9.17, 15) is 4.79 Å². The smallest absolute Gasteiger partial charge is 0.251 e. The Morgan fingerprint density at radius 3 is 3.00 bits per heavy atom. The second kappa shape index (κ2) is 6.57. The highest BCUT2D eigenvalue weighted by molar-refractivity contribution is 5.95. The molecule has 1 saturated carbocycles. The molecular formula is C15H23N3O. The van der Waals surface area contributed by atoms with Gasteiger partial charge in [-0.25, -0.2) is 0 Å². The predicted octanol–water partition coefficient (Wildman–Crippen LogP) is 1.98. The molecule has 104 valence electrons. The molecule has 0 saturated heterocycles. The number of hydrogen-bond acceptors (Lipinski definition) is 3. The summed E-state index contributed by atoms with van der Waals surface area (Å²) in [5, 5.41) is 6.34. The Hall–Kier alpha value is -1.55. The first-order chi connectivity index (χ1) is 9.24. The molecule has 4 heteroatoms. The van der Waals surface area contributed by atoms with Crippen molar-refractivity contribution in [1.82, 2.24) is 5.32 Å². The van der Waals surface area contributed by atoms with E-state index < -0.39 is 0 Å². The maximum Gasteiger partial charge on any atom is 0.251 e. The molecule has 2 rings (SSSR count). The molecule has 0 aliphatic heterocycles. The lowest BCUT2D eigenvalue weighted by Gasteiger charge is -2.21. The summed E-state index contributed by atoms with van der Waals surface area (Å²) < 4.78 is 0. The van der Waals surface area contributed by atoms with Gasteiger partial charge in [0, 0.05) is 23.8 Å². The number of amides is 1. The number of hydrogen-bond donors (Lipinski definition) is 3. The van der Waals surface area contributed by atoms with Crippen molar-refractivity contribution < 1.29 is 4.79 Å². The molecule has 2 atom stereocenters. The number of rotatable bonds is 5. The van der Waals surface area contributed by atoms with Gasteiger partial charge in [-0.15, -0.1) is 0 Å². The Kier molecular flexibility index (Phi) is 4.80. The lowest BCUT2D eigenvalue weighted by molar-refractivity contribution is 0.0956. The van der Waals surface area contributed by atoms with Crippen LogP contribution in [-0.2, 0) is 0 Å². The van der Waals surface area contributed by atoms with E-state index >= 15 is 0 Å². The molecule has 4 nitrogen and oxygen atoms in total. The Morgan fingerprint density at radius 1 is 1.42 bits per heavy atom. The molecule has 19 heavy (non-hydrogen) atoms. The minimum Gasteiger partial charge on any atom is -0.382 e. The van der Waals surface area contributed by atoms with Gasteiger partial charge in [-0.3, -0.25) is 4.79 Å². The predicted molar refractivity (Wildman–Crippen MR) is 78.3 cm³/mol. The molecule has 1 aromatic carbocycles. The molecule has 1 aromatic rings. The Morgan fingerprint density at radius 2 is 2.26 bits per heavy atom. The highest BCUT2D eigenvalue weighted by Gasteiger charge is 2.25. The van der Waals surface area contributed by atoms with Crippen molar-refractivity contribution in [3.63, 3.8) is 0 Å². The van der Waals surface area contributed by atoms with Gasteiger partial charge in [0.15, 0.2) is 0 Å². The Balaban J connectivity index is 2.04. The number of nitrogens with two attached hydrogens (primary N) is 1. The third kappa shape index (κ3) is 3.47. The summed E-state index contributed by atoms with van der Waals surface area (Å²) in [7, 11) is 0. The van der Waals surface area contributed by atoms with Crippen molar-refractivity contribution in [2.45, 2.75) is 32.2 Å². The number of carbonyl (C=O) groups excluding carboxylic acids is 1. The van der Waals surface area contributed by atoms with Crippen LogP contribution in [0.5, 0.6) is 0 Å². The highest BCUT2D eigenvalue weighted by atomic mass is 16.1. The van der Waals surface area contributed by atoms with Crippen LogP contribution in [0.3, 0.4) is 0 Å². The SMILES string of the molecule is CCNC(=O)c1cccc(NC2CCCC2CN)c1. The zero-order valence-corrected chi connectivity index (χ0v) is 11.5. The highest BCUT2D eigenvalue weighted by Crippen LogP contribution is 2.27. The fourth-order valence-corrected chi connectivity index (χ4v) is 2.74. The zero-order chi connectivity index (χ0) is 13.7. The molecule has 2 unspecified atom stereocenters. The average molecular weight is 261 g/mol. The second-order valence-electron chi connectivity index (χ2n) is 5.12. The van der Waals surface area contributed by atoms with Crippen LogP contribution in [0.25, 0.3) is 0 Å². The fourth-order valence-electron chi connectivity index (χ4n) is 2.74. The summed E-state index contributed by atoms with van der Waals surface area (Å²) in [6.07, 6.45) is 3.59. The van der Waals surface area contributed by atoms with Gasteiger partial charge in [-0.05, 0) is 50.4 Å². The van der Waals surface area contributed by atoms with Crippen LogP contribution in [0.1, 0.15) is 36.5 Å².